The lowest BCUT2D eigenvalue weighted by molar-refractivity contribution is 0.638. The average Bonchev–Trinajstić information content (AvgIpc) is 3.06. The summed E-state index contributed by atoms with van der Waals surface area (Å²) < 4.78 is 1.86. The van der Waals surface area contributed by atoms with Crippen LogP contribution in [0.2, 0.25) is 0 Å². The van der Waals surface area contributed by atoms with Gasteiger partial charge in [0.2, 0.25) is 0 Å². The van der Waals surface area contributed by atoms with Crippen molar-refractivity contribution in [2.75, 3.05) is 36.0 Å². The van der Waals surface area contributed by atoms with Crippen LogP contribution >= 0.6 is 0 Å². The summed E-state index contributed by atoms with van der Waals surface area (Å²) >= 11 is 0. The molecule has 4 heterocycles. The van der Waals surface area contributed by atoms with Crippen LogP contribution in [-0.2, 0) is 0 Å². The van der Waals surface area contributed by atoms with Crippen LogP contribution in [0.3, 0.4) is 0 Å². The van der Waals surface area contributed by atoms with Gasteiger partial charge in [0, 0.05) is 37.9 Å². The van der Waals surface area contributed by atoms with Gasteiger partial charge in [-0.3, -0.25) is 0 Å². The molecule has 1 saturated heterocycles. The lowest BCUT2D eigenvalue weighted by atomic mass is 10.3. The van der Waals surface area contributed by atoms with E-state index in [9.17, 15) is 0 Å². The molecule has 142 valence electrons. The summed E-state index contributed by atoms with van der Waals surface area (Å²) in [6.07, 6.45) is 0. The predicted molar refractivity (Wildman–Crippen MR) is 107 cm³/mol. The highest BCUT2D eigenvalue weighted by molar-refractivity contribution is 5.48. The quantitative estimate of drug-likeness (QED) is 0.694. The van der Waals surface area contributed by atoms with Gasteiger partial charge in [-0.2, -0.15) is 10.4 Å². The maximum Gasteiger partial charge on any atom is 0.159 e. The van der Waals surface area contributed by atoms with Crippen molar-refractivity contribution in [2.24, 2.45) is 0 Å². The third kappa shape index (κ3) is 3.51. The van der Waals surface area contributed by atoms with Crippen molar-refractivity contribution < 1.29 is 0 Å². The summed E-state index contributed by atoms with van der Waals surface area (Å²) in [7, 11) is 0. The number of hydrogen-bond acceptors (Lipinski definition) is 7. The van der Waals surface area contributed by atoms with Gasteiger partial charge in [0.15, 0.2) is 5.82 Å². The molecule has 1 aliphatic rings. The number of nitrogens with zero attached hydrogens (tertiary/aromatic N) is 8. The van der Waals surface area contributed by atoms with Gasteiger partial charge in [-0.05, 0) is 39.0 Å². The molecule has 0 N–H and O–H groups in total. The Kier molecular flexibility index (Phi) is 4.65. The maximum atomic E-state index is 9.06. The minimum absolute atomic E-state index is 0.445. The van der Waals surface area contributed by atoms with Crippen molar-refractivity contribution >= 4 is 11.6 Å². The van der Waals surface area contributed by atoms with Crippen LogP contribution in [0.4, 0.5) is 11.6 Å². The third-order valence-corrected chi connectivity index (χ3v) is 4.81. The molecule has 0 radical (unpaired) electrons. The number of nitriles is 1. The van der Waals surface area contributed by atoms with Crippen LogP contribution in [0.15, 0.2) is 30.3 Å². The van der Waals surface area contributed by atoms with Gasteiger partial charge in [-0.1, -0.05) is 6.07 Å². The fourth-order valence-corrected chi connectivity index (χ4v) is 3.49. The Morgan fingerprint density at radius 2 is 1.54 bits per heavy atom. The molecule has 0 bridgehead atoms. The van der Waals surface area contributed by atoms with E-state index in [1.807, 2.05) is 49.7 Å². The number of piperazine rings is 1. The van der Waals surface area contributed by atoms with Crippen molar-refractivity contribution in [1.29, 1.82) is 5.26 Å². The molecule has 4 rings (SSSR count). The summed E-state index contributed by atoms with van der Waals surface area (Å²) in [6, 6.07) is 11.7. The second-order valence-corrected chi connectivity index (χ2v) is 6.94. The lowest BCUT2D eigenvalue weighted by Crippen LogP contribution is -2.47. The van der Waals surface area contributed by atoms with Gasteiger partial charge >= 0.3 is 0 Å². The largest absolute Gasteiger partial charge is 0.353 e. The molecule has 0 unspecified atom stereocenters. The molecule has 0 amide bonds. The van der Waals surface area contributed by atoms with Crippen molar-refractivity contribution in [2.45, 2.75) is 20.8 Å². The maximum absolute atomic E-state index is 9.06. The Morgan fingerprint density at radius 1 is 0.857 bits per heavy atom. The molecule has 0 atom stereocenters. The van der Waals surface area contributed by atoms with E-state index in [4.69, 9.17) is 5.26 Å². The molecule has 0 spiro atoms. The van der Waals surface area contributed by atoms with E-state index in [1.54, 1.807) is 6.07 Å². The minimum atomic E-state index is 0.445. The Bertz CT molecular complexity index is 1040. The van der Waals surface area contributed by atoms with Crippen LogP contribution in [0.25, 0.3) is 5.82 Å². The van der Waals surface area contributed by atoms with Crippen LogP contribution in [0.5, 0.6) is 0 Å². The van der Waals surface area contributed by atoms with Crippen molar-refractivity contribution in [3.63, 3.8) is 0 Å². The van der Waals surface area contributed by atoms with Crippen molar-refractivity contribution in [1.82, 2.24) is 24.7 Å². The van der Waals surface area contributed by atoms with E-state index in [0.717, 1.165) is 60.8 Å². The Hall–Kier alpha value is -3.47. The zero-order chi connectivity index (χ0) is 19.7. The highest BCUT2D eigenvalue weighted by atomic mass is 15.3. The minimum Gasteiger partial charge on any atom is -0.353 e. The first kappa shape index (κ1) is 17.9. The molecule has 3 aromatic heterocycles. The van der Waals surface area contributed by atoms with E-state index in [-0.39, 0.29) is 0 Å². The first-order valence-corrected chi connectivity index (χ1v) is 9.30. The fourth-order valence-electron chi connectivity index (χ4n) is 3.49. The summed E-state index contributed by atoms with van der Waals surface area (Å²) in [4.78, 5) is 18.1. The molecule has 3 aromatic rings. The second-order valence-electron chi connectivity index (χ2n) is 6.94. The SMILES string of the molecule is Cc1cc(C)n(-c2cc(N3CCN(c4cccc(C#N)n4)CC3)nc(C)n2)n1. The molecule has 8 heteroatoms. The Labute approximate surface area is 164 Å². The van der Waals surface area contributed by atoms with Crippen LogP contribution in [-0.4, -0.2) is 50.9 Å². The van der Waals surface area contributed by atoms with Crippen molar-refractivity contribution in [3.8, 4) is 11.9 Å². The lowest BCUT2D eigenvalue weighted by Gasteiger charge is -2.36. The summed E-state index contributed by atoms with van der Waals surface area (Å²) in [5, 5.41) is 13.6. The number of aromatic nitrogens is 5. The first-order valence-electron chi connectivity index (χ1n) is 9.30. The van der Waals surface area contributed by atoms with Gasteiger partial charge in [0.1, 0.15) is 29.2 Å². The highest BCUT2D eigenvalue weighted by Crippen LogP contribution is 2.20. The molecule has 1 fully saturated rings. The van der Waals surface area contributed by atoms with E-state index in [1.165, 1.54) is 0 Å². The second kappa shape index (κ2) is 7.27. The zero-order valence-electron chi connectivity index (χ0n) is 16.3. The van der Waals surface area contributed by atoms with Gasteiger partial charge in [0.25, 0.3) is 0 Å². The standard InChI is InChI=1S/C20H22N8/c1-14-11-15(2)28(25-14)20-12-19(22-16(3)23-20)27-9-7-26(8-10-27)18-6-4-5-17(13-21)24-18/h4-6,11-12H,7-10H2,1-3H3. The van der Waals surface area contributed by atoms with E-state index in [2.05, 4.69) is 35.9 Å². The summed E-state index contributed by atoms with van der Waals surface area (Å²) in [6.45, 7) is 9.20. The summed E-state index contributed by atoms with van der Waals surface area (Å²) in [5.74, 6) is 3.28. The van der Waals surface area contributed by atoms with E-state index in [0.29, 0.717) is 5.69 Å². The molecular formula is C20H22N8. The van der Waals surface area contributed by atoms with Gasteiger partial charge in [-0.25, -0.2) is 19.6 Å². The van der Waals surface area contributed by atoms with E-state index >= 15 is 0 Å². The molecule has 0 aromatic carbocycles. The topological polar surface area (TPSA) is 86.8 Å². The fraction of sp³-hybridized carbons (Fsp3) is 0.350. The molecule has 0 aliphatic carbocycles. The predicted octanol–water partition coefficient (Wildman–Crippen LogP) is 2.18. The number of aryl methyl sites for hydroxylation is 3. The monoisotopic (exact) mass is 374 g/mol. The van der Waals surface area contributed by atoms with Gasteiger partial charge in [0.05, 0.1) is 5.69 Å². The summed E-state index contributed by atoms with van der Waals surface area (Å²) in [5.41, 5.74) is 2.46. The Balaban J connectivity index is 1.53. The molecule has 28 heavy (non-hydrogen) atoms. The number of pyridine rings is 1. The molecular weight excluding hydrogens is 352 g/mol. The van der Waals surface area contributed by atoms with Crippen LogP contribution < -0.4 is 9.80 Å². The average molecular weight is 374 g/mol. The van der Waals surface area contributed by atoms with Gasteiger partial charge in [-0.15, -0.1) is 0 Å². The third-order valence-electron chi connectivity index (χ3n) is 4.81. The zero-order valence-corrected chi connectivity index (χ0v) is 16.3. The van der Waals surface area contributed by atoms with Crippen LogP contribution in [0, 0.1) is 32.1 Å². The molecule has 0 saturated carbocycles. The Morgan fingerprint density at radius 3 is 2.18 bits per heavy atom. The normalized spacial score (nSPS) is 14.2. The number of rotatable bonds is 3. The molecule has 8 nitrogen and oxygen atoms in total. The van der Waals surface area contributed by atoms with Crippen molar-refractivity contribution in [3.05, 3.63) is 53.2 Å². The molecule has 1 aliphatic heterocycles. The van der Waals surface area contributed by atoms with Crippen LogP contribution in [0.1, 0.15) is 22.9 Å². The number of anilines is 2. The van der Waals surface area contributed by atoms with E-state index < -0.39 is 0 Å². The highest BCUT2D eigenvalue weighted by Gasteiger charge is 2.21. The van der Waals surface area contributed by atoms with Gasteiger partial charge < -0.3 is 9.80 Å². The smallest absolute Gasteiger partial charge is 0.159 e. The number of hydrogen-bond donors (Lipinski definition) is 0. The first-order chi connectivity index (χ1) is 13.5.